The highest BCUT2D eigenvalue weighted by molar-refractivity contribution is 7.89. The zero-order valence-electron chi connectivity index (χ0n) is 12.9. The van der Waals surface area contributed by atoms with E-state index in [9.17, 15) is 18.5 Å². The highest BCUT2D eigenvalue weighted by Crippen LogP contribution is 2.22. The molecule has 0 radical (unpaired) electrons. The van der Waals surface area contributed by atoms with E-state index in [1.165, 1.54) is 12.1 Å². The third-order valence-electron chi connectivity index (χ3n) is 4.57. The Morgan fingerprint density at radius 2 is 2.00 bits per heavy atom. The summed E-state index contributed by atoms with van der Waals surface area (Å²) in [7, 11) is -3.76. The van der Waals surface area contributed by atoms with Crippen LogP contribution in [0, 0.1) is 17.0 Å². The van der Waals surface area contributed by atoms with Crippen LogP contribution in [-0.4, -0.2) is 68.5 Å². The number of non-ortho nitro benzene ring substituents is 1. The van der Waals surface area contributed by atoms with Crippen LogP contribution < -0.4 is 4.72 Å². The average Bonchev–Trinajstić information content (AvgIpc) is 2.54. The summed E-state index contributed by atoms with van der Waals surface area (Å²) < 4.78 is 27.6. The van der Waals surface area contributed by atoms with Gasteiger partial charge in [0.25, 0.3) is 5.69 Å². The van der Waals surface area contributed by atoms with Gasteiger partial charge in [-0.2, -0.15) is 0 Å². The largest absolute Gasteiger partial charge is 0.299 e. The van der Waals surface area contributed by atoms with Crippen molar-refractivity contribution in [3.05, 3.63) is 33.9 Å². The van der Waals surface area contributed by atoms with Gasteiger partial charge in [0.1, 0.15) is 0 Å². The molecule has 0 spiro atoms. The average molecular weight is 340 g/mol. The fourth-order valence-electron chi connectivity index (χ4n) is 3.19. The molecule has 0 aliphatic carbocycles. The second-order valence-corrected chi connectivity index (χ2v) is 7.78. The first-order chi connectivity index (χ1) is 10.9. The molecule has 3 heterocycles. The number of nitrogens with one attached hydrogen (secondary N) is 1. The number of aryl methyl sites for hydroxylation is 1. The monoisotopic (exact) mass is 340 g/mol. The van der Waals surface area contributed by atoms with E-state index in [1.54, 1.807) is 6.92 Å². The van der Waals surface area contributed by atoms with Gasteiger partial charge in [0.2, 0.25) is 10.0 Å². The van der Waals surface area contributed by atoms with Gasteiger partial charge in [-0.3, -0.25) is 19.9 Å². The number of piperazine rings is 3. The molecular weight excluding hydrogens is 320 g/mol. The van der Waals surface area contributed by atoms with Gasteiger partial charge >= 0.3 is 0 Å². The third kappa shape index (κ3) is 3.37. The Hall–Kier alpha value is -1.55. The van der Waals surface area contributed by atoms with Crippen LogP contribution >= 0.6 is 0 Å². The van der Waals surface area contributed by atoms with Crippen LogP contribution in [0.3, 0.4) is 0 Å². The number of hydrogen-bond acceptors (Lipinski definition) is 6. The van der Waals surface area contributed by atoms with Crippen LogP contribution in [0.1, 0.15) is 5.56 Å². The zero-order chi connectivity index (χ0) is 16.6. The van der Waals surface area contributed by atoms with Crippen LogP contribution in [0.2, 0.25) is 0 Å². The van der Waals surface area contributed by atoms with Gasteiger partial charge in [0.05, 0.1) is 9.82 Å². The Morgan fingerprint density at radius 1 is 1.30 bits per heavy atom. The number of nitro groups is 1. The van der Waals surface area contributed by atoms with Crippen LogP contribution in [0.15, 0.2) is 23.1 Å². The first-order valence-corrected chi connectivity index (χ1v) is 9.06. The molecule has 3 aliphatic heterocycles. The van der Waals surface area contributed by atoms with Crippen molar-refractivity contribution in [2.45, 2.75) is 17.9 Å². The zero-order valence-corrected chi connectivity index (χ0v) is 13.8. The van der Waals surface area contributed by atoms with Crippen LogP contribution in [0.25, 0.3) is 0 Å². The smallest absolute Gasteiger partial charge is 0.270 e. The molecule has 1 N–H and O–H groups in total. The minimum absolute atomic E-state index is 0.0250. The van der Waals surface area contributed by atoms with Gasteiger partial charge < -0.3 is 0 Å². The molecule has 1 aromatic carbocycles. The van der Waals surface area contributed by atoms with E-state index < -0.39 is 14.9 Å². The van der Waals surface area contributed by atoms with Crippen molar-refractivity contribution < 1.29 is 13.3 Å². The van der Waals surface area contributed by atoms with E-state index in [0.29, 0.717) is 12.1 Å². The molecular formula is C14H20N4O4S. The number of benzene rings is 1. The lowest BCUT2D eigenvalue weighted by Crippen LogP contribution is -2.63. The maximum absolute atomic E-state index is 12.5. The molecule has 0 amide bonds. The molecule has 1 unspecified atom stereocenters. The summed E-state index contributed by atoms with van der Waals surface area (Å²) in [6, 6.07) is 4.05. The second-order valence-electron chi connectivity index (χ2n) is 6.05. The maximum atomic E-state index is 12.5. The lowest BCUT2D eigenvalue weighted by Gasteiger charge is -2.47. The predicted molar refractivity (Wildman–Crippen MR) is 84.8 cm³/mol. The van der Waals surface area contributed by atoms with Gasteiger partial charge in [0, 0.05) is 57.4 Å². The van der Waals surface area contributed by atoms with Crippen molar-refractivity contribution in [2.75, 3.05) is 39.3 Å². The minimum atomic E-state index is -3.76. The van der Waals surface area contributed by atoms with Gasteiger partial charge in [-0.05, 0) is 12.5 Å². The van der Waals surface area contributed by atoms with E-state index in [1.807, 2.05) is 0 Å². The first kappa shape index (κ1) is 16.3. The molecule has 0 saturated carbocycles. The molecule has 3 saturated heterocycles. The summed E-state index contributed by atoms with van der Waals surface area (Å²) >= 11 is 0. The molecule has 1 atom stereocenters. The quantitative estimate of drug-likeness (QED) is 0.607. The van der Waals surface area contributed by atoms with E-state index in [4.69, 9.17) is 0 Å². The Bertz CT molecular complexity index is 713. The molecule has 1 aromatic rings. The number of nitro benzene ring substituents is 1. The lowest BCUT2D eigenvalue weighted by molar-refractivity contribution is -0.385. The Balaban J connectivity index is 1.74. The Morgan fingerprint density at radius 3 is 2.57 bits per heavy atom. The first-order valence-electron chi connectivity index (χ1n) is 7.58. The van der Waals surface area contributed by atoms with Crippen LogP contribution in [0.5, 0.6) is 0 Å². The van der Waals surface area contributed by atoms with E-state index in [-0.39, 0.29) is 16.6 Å². The van der Waals surface area contributed by atoms with Crippen LogP contribution in [0.4, 0.5) is 5.69 Å². The van der Waals surface area contributed by atoms with Crippen LogP contribution in [-0.2, 0) is 10.0 Å². The maximum Gasteiger partial charge on any atom is 0.270 e. The van der Waals surface area contributed by atoms with Crippen molar-refractivity contribution in [1.82, 2.24) is 14.5 Å². The second kappa shape index (κ2) is 6.16. The lowest BCUT2D eigenvalue weighted by atomic mass is 10.1. The molecule has 8 nitrogen and oxygen atoms in total. The SMILES string of the molecule is Cc1ccc([N+](=O)[O-])cc1S(=O)(=O)NCC1CN2CCN1CC2. The van der Waals surface area contributed by atoms with E-state index >= 15 is 0 Å². The third-order valence-corrected chi connectivity index (χ3v) is 6.14. The number of rotatable bonds is 5. The summed E-state index contributed by atoms with van der Waals surface area (Å²) in [6.45, 7) is 6.80. The predicted octanol–water partition coefficient (Wildman–Crippen LogP) is 0.181. The molecule has 4 rings (SSSR count). The fraction of sp³-hybridized carbons (Fsp3) is 0.571. The van der Waals surface area contributed by atoms with E-state index in [2.05, 4.69) is 14.5 Å². The minimum Gasteiger partial charge on any atom is -0.299 e. The van der Waals surface area contributed by atoms with Crippen molar-refractivity contribution in [3.63, 3.8) is 0 Å². The summed E-state index contributed by atoms with van der Waals surface area (Å²) in [6.07, 6.45) is 0. The molecule has 0 aromatic heterocycles. The summed E-state index contributed by atoms with van der Waals surface area (Å²) in [4.78, 5) is 14.9. The highest BCUT2D eigenvalue weighted by atomic mass is 32.2. The number of nitrogens with zero attached hydrogens (tertiary/aromatic N) is 3. The molecule has 2 bridgehead atoms. The summed E-state index contributed by atoms with van der Waals surface area (Å²) in [5.74, 6) is 0. The van der Waals surface area contributed by atoms with Gasteiger partial charge in [-0.15, -0.1) is 0 Å². The summed E-state index contributed by atoms with van der Waals surface area (Å²) in [5.41, 5.74) is 0.278. The van der Waals surface area contributed by atoms with Gasteiger partial charge in [-0.25, -0.2) is 13.1 Å². The summed E-state index contributed by atoms with van der Waals surface area (Å²) in [5, 5.41) is 10.9. The van der Waals surface area contributed by atoms with Crippen molar-refractivity contribution in [1.29, 1.82) is 0 Å². The topological polar surface area (TPSA) is 95.8 Å². The molecule has 9 heteroatoms. The number of sulfonamides is 1. The highest BCUT2D eigenvalue weighted by Gasteiger charge is 2.32. The van der Waals surface area contributed by atoms with Crippen molar-refractivity contribution >= 4 is 15.7 Å². The number of hydrogen-bond donors (Lipinski definition) is 1. The van der Waals surface area contributed by atoms with Gasteiger partial charge in [0.15, 0.2) is 0 Å². The number of fused-ring (bicyclic) bond motifs is 3. The molecule has 3 aliphatic rings. The van der Waals surface area contributed by atoms with Crippen molar-refractivity contribution in [3.8, 4) is 0 Å². The molecule has 126 valence electrons. The Labute approximate surface area is 135 Å². The van der Waals surface area contributed by atoms with Gasteiger partial charge in [-0.1, -0.05) is 6.07 Å². The fourth-order valence-corrected chi connectivity index (χ4v) is 4.53. The Kier molecular flexibility index (Phi) is 4.37. The standard InChI is InChI=1S/C14H20N4O4S/c1-11-2-3-12(18(19)20)8-14(11)23(21,22)15-9-13-10-16-4-6-17(13)7-5-16/h2-3,8,13,15H,4-7,9-10H2,1H3. The van der Waals surface area contributed by atoms with E-state index in [0.717, 1.165) is 38.8 Å². The molecule has 23 heavy (non-hydrogen) atoms. The molecule has 3 fully saturated rings. The normalized spacial score (nSPS) is 27.1. The van der Waals surface area contributed by atoms with Crippen molar-refractivity contribution in [2.24, 2.45) is 0 Å².